The zero-order valence-corrected chi connectivity index (χ0v) is 25.2. The summed E-state index contributed by atoms with van der Waals surface area (Å²) in [6.45, 7) is 8.41. The second kappa shape index (κ2) is 13.6. The lowest BCUT2D eigenvalue weighted by molar-refractivity contribution is -0.131. The lowest BCUT2D eigenvalue weighted by Gasteiger charge is -2.31. The van der Waals surface area contributed by atoms with Crippen molar-refractivity contribution in [1.82, 2.24) is 24.3 Å². The van der Waals surface area contributed by atoms with Crippen LogP contribution < -0.4 is 4.90 Å². The molecule has 41 heavy (non-hydrogen) atoms. The number of aromatic nitrogens is 3. The summed E-state index contributed by atoms with van der Waals surface area (Å²) in [5, 5.41) is 2.89. The van der Waals surface area contributed by atoms with Crippen molar-refractivity contribution in [3.63, 3.8) is 0 Å². The van der Waals surface area contributed by atoms with Gasteiger partial charge in [-0.25, -0.2) is 14.4 Å². The number of thiazole rings is 1. The predicted molar refractivity (Wildman–Crippen MR) is 168 cm³/mol. The number of carbonyl (C=O) groups is 1. The van der Waals surface area contributed by atoms with E-state index in [2.05, 4.69) is 33.6 Å². The molecular weight excluding hydrogens is 535 g/mol. The quantitative estimate of drug-likeness (QED) is 0.332. The minimum Gasteiger partial charge on any atom is -0.342 e. The van der Waals surface area contributed by atoms with Crippen molar-refractivity contribution < 1.29 is 9.18 Å². The standard InChI is InChI=1S/C32H41FN6OS/c1-4-9-29-34-27(5-2)31(36(3)32-35-28(23-41-32)25-10-8-11-26(33)13-12-25)39(29)21-16-24-14-19-37(20-15-24)22-30(40)38-17-6-7-18-38/h4,9-13,16,21,23-24H,5-8,14-15,17-20,22H2,1-3H3/b9-4-,21-16+. The van der Waals surface area contributed by atoms with E-state index in [-0.39, 0.29) is 11.7 Å². The monoisotopic (exact) mass is 576 g/mol. The van der Waals surface area contributed by atoms with Crippen LogP contribution >= 0.6 is 11.3 Å². The van der Waals surface area contributed by atoms with Gasteiger partial charge in [0.05, 0.1) is 17.9 Å². The van der Waals surface area contributed by atoms with Crippen molar-refractivity contribution in [1.29, 1.82) is 0 Å². The topological polar surface area (TPSA) is 57.5 Å². The fourth-order valence-electron chi connectivity index (χ4n) is 5.70. The summed E-state index contributed by atoms with van der Waals surface area (Å²) < 4.78 is 15.9. The van der Waals surface area contributed by atoms with E-state index >= 15 is 0 Å². The third-order valence-corrected chi connectivity index (χ3v) is 8.97. The number of hydrogen-bond acceptors (Lipinski definition) is 6. The Morgan fingerprint density at radius 3 is 2.66 bits per heavy atom. The van der Waals surface area contributed by atoms with E-state index in [1.807, 2.05) is 42.5 Å². The number of halogens is 1. The fraction of sp³-hybridized carbons (Fsp3) is 0.469. The molecule has 0 spiro atoms. The van der Waals surface area contributed by atoms with Gasteiger partial charge in [-0.2, -0.15) is 0 Å². The molecule has 2 aromatic rings. The van der Waals surface area contributed by atoms with E-state index < -0.39 is 0 Å². The summed E-state index contributed by atoms with van der Waals surface area (Å²) in [7, 11) is 2.04. The molecular formula is C32H41FN6OS. The molecule has 5 rings (SSSR count). The molecule has 0 N–H and O–H groups in total. The molecule has 3 aliphatic rings. The molecule has 0 unspecified atom stereocenters. The van der Waals surface area contributed by atoms with Crippen LogP contribution in [0.15, 0.2) is 47.7 Å². The largest absolute Gasteiger partial charge is 0.342 e. The zero-order chi connectivity index (χ0) is 28.8. The highest BCUT2D eigenvalue weighted by Gasteiger charge is 2.25. The van der Waals surface area contributed by atoms with E-state index in [0.717, 1.165) is 92.0 Å². The molecule has 0 atom stereocenters. The molecule has 0 saturated carbocycles. The molecule has 2 saturated heterocycles. The van der Waals surface area contributed by atoms with Crippen molar-refractivity contribution in [2.75, 3.05) is 44.7 Å². The van der Waals surface area contributed by atoms with Gasteiger partial charge in [0.15, 0.2) is 5.13 Å². The second-order valence-electron chi connectivity index (χ2n) is 10.9. The van der Waals surface area contributed by atoms with Crippen LogP contribution in [0.1, 0.15) is 63.2 Å². The zero-order valence-electron chi connectivity index (χ0n) is 24.4. The van der Waals surface area contributed by atoms with Crippen LogP contribution in [0, 0.1) is 5.92 Å². The number of nitrogens with zero attached hydrogens (tertiary/aromatic N) is 6. The van der Waals surface area contributed by atoms with Crippen LogP contribution in [0.3, 0.4) is 0 Å². The summed E-state index contributed by atoms with van der Waals surface area (Å²) in [5.41, 5.74) is 2.79. The number of carbonyl (C=O) groups excluding carboxylic acids is 1. The van der Waals surface area contributed by atoms with Crippen LogP contribution in [0.4, 0.5) is 15.3 Å². The number of aryl methyl sites for hydroxylation is 1. The molecule has 1 amide bonds. The molecule has 2 aromatic heterocycles. The van der Waals surface area contributed by atoms with Crippen LogP contribution in [-0.2, 0) is 11.2 Å². The molecule has 218 valence electrons. The maximum Gasteiger partial charge on any atom is 0.236 e. The Labute approximate surface area is 247 Å². The normalized spacial score (nSPS) is 18.9. The summed E-state index contributed by atoms with van der Waals surface area (Å²) in [5.74, 6) is 2.41. The summed E-state index contributed by atoms with van der Waals surface area (Å²) in [6.07, 6.45) is 21.1. The van der Waals surface area contributed by atoms with Crippen LogP contribution in [0.5, 0.6) is 0 Å². The van der Waals surface area contributed by atoms with Crippen molar-refractivity contribution in [3.05, 3.63) is 64.9 Å². The van der Waals surface area contributed by atoms with Gasteiger partial charge < -0.3 is 9.80 Å². The van der Waals surface area contributed by atoms with Gasteiger partial charge in [-0.1, -0.05) is 31.2 Å². The Bertz CT molecular complexity index is 1370. The molecule has 9 heteroatoms. The average Bonchev–Trinajstić information content (AvgIpc) is 3.72. The second-order valence-corrected chi connectivity index (χ2v) is 11.7. The Hall–Kier alpha value is -3.30. The molecule has 1 aliphatic carbocycles. The minimum atomic E-state index is -0.218. The van der Waals surface area contributed by atoms with Crippen molar-refractivity contribution in [2.24, 2.45) is 5.92 Å². The van der Waals surface area contributed by atoms with Crippen LogP contribution in [0.2, 0.25) is 0 Å². The van der Waals surface area contributed by atoms with Crippen molar-refractivity contribution in [2.45, 2.75) is 52.4 Å². The molecule has 0 radical (unpaired) electrons. The minimum absolute atomic E-state index is 0.218. The van der Waals surface area contributed by atoms with Gasteiger partial charge in [-0.3, -0.25) is 14.3 Å². The number of hydrogen-bond donors (Lipinski definition) is 0. The number of imidazole rings is 1. The van der Waals surface area contributed by atoms with Gasteiger partial charge in [0.25, 0.3) is 0 Å². The van der Waals surface area contributed by atoms with Crippen LogP contribution in [-0.4, -0.2) is 70.0 Å². The van der Waals surface area contributed by atoms with Crippen molar-refractivity contribution in [3.8, 4) is 0 Å². The van der Waals surface area contributed by atoms with E-state index in [9.17, 15) is 9.18 Å². The Kier molecular flexibility index (Phi) is 9.67. The molecule has 2 fully saturated rings. The molecule has 0 bridgehead atoms. The maximum atomic E-state index is 13.7. The fourth-order valence-corrected chi connectivity index (χ4v) is 6.50. The van der Waals surface area contributed by atoms with Gasteiger partial charge in [0, 0.05) is 31.7 Å². The number of likely N-dealkylation sites (tertiary alicyclic amines) is 2. The first-order chi connectivity index (χ1) is 20.0. The Balaban J connectivity index is 1.31. The van der Waals surface area contributed by atoms with E-state index in [0.29, 0.717) is 18.9 Å². The average molecular weight is 577 g/mol. The number of allylic oxidation sites excluding steroid dienone is 8. The van der Waals surface area contributed by atoms with Gasteiger partial charge >= 0.3 is 0 Å². The number of amides is 1. The third kappa shape index (κ3) is 6.96. The van der Waals surface area contributed by atoms with Gasteiger partial charge in [0.1, 0.15) is 17.5 Å². The van der Waals surface area contributed by atoms with Gasteiger partial charge in [-0.15, -0.1) is 11.3 Å². The van der Waals surface area contributed by atoms with E-state index in [4.69, 9.17) is 9.97 Å². The predicted octanol–water partition coefficient (Wildman–Crippen LogP) is 6.70. The molecule has 4 heterocycles. The van der Waals surface area contributed by atoms with Gasteiger partial charge in [0.2, 0.25) is 5.91 Å². The number of anilines is 2. The SMILES string of the molecule is C/C=C\c1nc(CC)c(N(C)c2nc(C3=CCC=C(F)C=C3)cs2)n1/C=C/C1CCN(CC(=O)N2CCCC2)CC1. The first-order valence-corrected chi connectivity index (χ1v) is 15.7. The highest BCUT2D eigenvalue weighted by atomic mass is 32.1. The van der Waals surface area contributed by atoms with E-state index in [1.54, 1.807) is 23.5 Å². The van der Waals surface area contributed by atoms with Crippen molar-refractivity contribution >= 4 is 46.0 Å². The van der Waals surface area contributed by atoms with Gasteiger partial charge in [-0.05, 0) is 88.3 Å². The molecule has 0 aromatic carbocycles. The summed E-state index contributed by atoms with van der Waals surface area (Å²) in [6, 6.07) is 0. The number of piperidine rings is 1. The lowest BCUT2D eigenvalue weighted by atomic mass is 9.97. The smallest absolute Gasteiger partial charge is 0.236 e. The molecule has 2 aliphatic heterocycles. The summed E-state index contributed by atoms with van der Waals surface area (Å²) in [4.78, 5) is 28.9. The maximum absolute atomic E-state index is 13.7. The third-order valence-electron chi connectivity index (χ3n) is 8.06. The van der Waals surface area contributed by atoms with E-state index in [1.165, 1.54) is 6.08 Å². The highest BCUT2D eigenvalue weighted by molar-refractivity contribution is 7.14. The highest BCUT2D eigenvalue weighted by Crippen LogP contribution is 2.34. The summed E-state index contributed by atoms with van der Waals surface area (Å²) >= 11 is 1.57. The molecule has 7 nitrogen and oxygen atoms in total. The first-order valence-electron chi connectivity index (χ1n) is 14.8. The Morgan fingerprint density at radius 1 is 1.15 bits per heavy atom. The van der Waals surface area contributed by atoms with Crippen LogP contribution in [0.25, 0.3) is 17.8 Å². The first kappa shape index (κ1) is 29.2. The number of rotatable bonds is 9. The Morgan fingerprint density at radius 2 is 1.93 bits per heavy atom. The lowest BCUT2D eigenvalue weighted by Crippen LogP contribution is -2.42.